The molecule has 0 aliphatic heterocycles. The molecule has 0 saturated carbocycles. The van der Waals surface area contributed by atoms with Gasteiger partial charge < -0.3 is 0 Å². The molecule has 1 aromatic rings. The molecule has 0 aliphatic rings. The highest BCUT2D eigenvalue weighted by Crippen LogP contribution is 2.23. The van der Waals surface area contributed by atoms with Gasteiger partial charge in [-0.15, -0.1) is 0 Å². The molecule has 0 fully saturated rings. The van der Waals surface area contributed by atoms with Crippen LogP contribution in [0.4, 0.5) is 0 Å². The first kappa shape index (κ1) is 14.4. The van der Waals surface area contributed by atoms with E-state index in [0.717, 1.165) is 22.5 Å². The first-order chi connectivity index (χ1) is 6.79. The van der Waals surface area contributed by atoms with Gasteiger partial charge in [-0.05, 0) is 85.5 Å². The quantitative estimate of drug-likeness (QED) is 0.323. The molecule has 3 nitrogen and oxygen atoms in total. The summed E-state index contributed by atoms with van der Waals surface area (Å²) in [5, 5.41) is 0. The van der Waals surface area contributed by atoms with Crippen molar-refractivity contribution in [3.8, 4) is 0 Å². The zero-order valence-corrected chi connectivity index (χ0v) is 14.9. The summed E-state index contributed by atoms with van der Waals surface area (Å²) in [5.74, 6) is 0. The van der Waals surface area contributed by atoms with Crippen molar-refractivity contribution in [2.45, 2.75) is 6.61 Å². The molecule has 0 heterocycles. The van der Waals surface area contributed by atoms with Crippen molar-refractivity contribution in [3.63, 3.8) is 0 Å². The molecule has 0 amide bonds. The maximum Gasteiger partial charge on any atom is 0.264 e. The minimum atomic E-state index is -3.37. The maximum atomic E-state index is 10.9. The minimum absolute atomic E-state index is 0.101. The van der Waals surface area contributed by atoms with Crippen molar-refractivity contribution in [2.24, 2.45) is 0 Å². The summed E-state index contributed by atoms with van der Waals surface area (Å²) < 4.78 is 29.7. The normalized spacial score (nSPS) is 11.7. The van der Waals surface area contributed by atoms with E-state index in [2.05, 4.69) is 67.8 Å². The number of hydrogen-bond acceptors (Lipinski definition) is 3. The van der Waals surface area contributed by atoms with E-state index in [0.29, 0.717) is 0 Å². The number of benzene rings is 1. The van der Waals surface area contributed by atoms with E-state index >= 15 is 0 Å². The molecule has 0 spiro atoms. The number of halogens is 3. The van der Waals surface area contributed by atoms with E-state index in [1.54, 1.807) is 0 Å². The minimum Gasteiger partial charge on any atom is -0.265 e. The first-order valence-electron chi connectivity index (χ1n) is 3.77. The van der Waals surface area contributed by atoms with Gasteiger partial charge in [0.15, 0.2) is 0 Å². The predicted octanol–water partition coefficient (Wildman–Crippen LogP) is 2.98. The Bertz CT molecular complexity index is 470. The number of hydrogen-bond donors (Lipinski definition) is 0. The molecule has 15 heavy (non-hydrogen) atoms. The van der Waals surface area contributed by atoms with Gasteiger partial charge in [-0.3, -0.25) is 4.18 Å². The van der Waals surface area contributed by atoms with E-state index in [1.165, 1.54) is 0 Å². The second kappa shape index (κ2) is 5.78. The standard InChI is InChI=1S/C8H7I3O3S/c1-15(12,13)14-4-5-2-6(9)3-7(10)8(5)11/h2-3H,4H2,1H3. The predicted molar refractivity (Wildman–Crippen MR) is 84.2 cm³/mol. The van der Waals surface area contributed by atoms with Gasteiger partial charge >= 0.3 is 0 Å². The summed E-state index contributed by atoms with van der Waals surface area (Å²) in [5.41, 5.74) is 0.900. The summed E-state index contributed by atoms with van der Waals surface area (Å²) in [6.07, 6.45) is 1.05. The number of rotatable bonds is 3. The molecule has 0 atom stereocenters. The van der Waals surface area contributed by atoms with Crippen molar-refractivity contribution in [3.05, 3.63) is 28.4 Å². The molecular formula is C8H7I3O3S. The largest absolute Gasteiger partial charge is 0.265 e. The first-order valence-corrected chi connectivity index (χ1v) is 8.82. The molecule has 0 N–H and O–H groups in total. The average Bonchev–Trinajstić information content (AvgIpc) is 2.07. The van der Waals surface area contributed by atoms with Crippen LogP contribution in [0.3, 0.4) is 0 Å². The molecule has 7 heteroatoms. The third-order valence-corrected chi connectivity index (χ3v) is 5.82. The molecular weight excluding hydrogens is 557 g/mol. The van der Waals surface area contributed by atoms with E-state index < -0.39 is 10.1 Å². The van der Waals surface area contributed by atoms with Crippen molar-refractivity contribution in [1.29, 1.82) is 0 Å². The van der Waals surface area contributed by atoms with Crippen LogP contribution in [0, 0.1) is 10.7 Å². The van der Waals surface area contributed by atoms with Crippen LogP contribution in [0.2, 0.25) is 0 Å². The van der Waals surface area contributed by atoms with Crippen LogP contribution >= 0.6 is 67.8 Å². The van der Waals surface area contributed by atoms with Crippen LogP contribution in [0.1, 0.15) is 5.56 Å². The molecule has 0 radical (unpaired) electrons. The third-order valence-electron chi connectivity index (χ3n) is 1.50. The Hall–Kier alpha value is 1.32. The SMILES string of the molecule is CS(=O)(=O)OCc1cc(I)cc(I)c1I. The van der Waals surface area contributed by atoms with Gasteiger partial charge in [-0.25, -0.2) is 0 Å². The Balaban J connectivity index is 2.95. The molecule has 1 rings (SSSR count). The van der Waals surface area contributed by atoms with Gasteiger partial charge in [0.05, 0.1) is 12.9 Å². The van der Waals surface area contributed by atoms with E-state index in [9.17, 15) is 8.42 Å². The van der Waals surface area contributed by atoms with Gasteiger partial charge in [0, 0.05) is 10.7 Å². The van der Waals surface area contributed by atoms with Crippen molar-refractivity contribution in [2.75, 3.05) is 6.26 Å². The fraction of sp³-hybridized carbons (Fsp3) is 0.250. The highest BCUT2D eigenvalue weighted by molar-refractivity contribution is 14.1. The summed E-state index contributed by atoms with van der Waals surface area (Å²) >= 11 is 6.60. The molecule has 1 aromatic carbocycles. The smallest absolute Gasteiger partial charge is 0.264 e. The van der Waals surface area contributed by atoms with Crippen LogP contribution in [-0.4, -0.2) is 14.7 Å². The fourth-order valence-electron chi connectivity index (χ4n) is 0.885. The van der Waals surface area contributed by atoms with Gasteiger partial charge in [-0.2, -0.15) is 8.42 Å². The second-order valence-corrected chi connectivity index (χ2v) is 7.96. The van der Waals surface area contributed by atoms with Crippen molar-refractivity contribution >= 4 is 77.9 Å². The second-order valence-electron chi connectivity index (χ2n) is 2.83. The Kier molecular flexibility index (Phi) is 5.54. The highest BCUT2D eigenvalue weighted by Gasteiger charge is 2.09. The van der Waals surface area contributed by atoms with Crippen molar-refractivity contribution in [1.82, 2.24) is 0 Å². The highest BCUT2D eigenvalue weighted by atomic mass is 127. The zero-order valence-electron chi connectivity index (χ0n) is 7.63. The Morgan fingerprint density at radius 2 is 1.87 bits per heavy atom. The fourth-order valence-corrected chi connectivity index (χ4v) is 3.66. The van der Waals surface area contributed by atoms with E-state index in [4.69, 9.17) is 4.18 Å². The maximum absolute atomic E-state index is 10.9. The summed E-state index contributed by atoms with van der Waals surface area (Å²) in [7, 11) is -3.37. The summed E-state index contributed by atoms with van der Waals surface area (Å²) in [4.78, 5) is 0. The van der Waals surface area contributed by atoms with Crippen LogP contribution in [-0.2, 0) is 20.9 Å². The average molecular weight is 564 g/mol. The van der Waals surface area contributed by atoms with E-state index in [1.807, 2.05) is 12.1 Å². The molecule has 84 valence electrons. The Morgan fingerprint density at radius 1 is 1.27 bits per heavy atom. The van der Waals surface area contributed by atoms with Gasteiger partial charge in [0.25, 0.3) is 10.1 Å². The molecule has 0 aliphatic carbocycles. The Labute approximate surface area is 130 Å². The van der Waals surface area contributed by atoms with Gasteiger partial charge in [-0.1, -0.05) is 0 Å². The van der Waals surface area contributed by atoms with Crippen LogP contribution in [0.25, 0.3) is 0 Å². The molecule has 0 saturated heterocycles. The lowest BCUT2D eigenvalue weighted by atomic mass is 10.2. The van der Waals surface area contributed by atoms with Crippen molar-refractivity contribution < 1.29 is 12.6 Å². The van der Waals surface area contributed by atoms with Gasteiger partial charge in [0.1, 0.15) is 0 Å². The summed E-state index contributed by atoms with van der Waals surface area (Å²) in [6, 6.07) is 3.96. The Morgan fingerprint density at radius 3 is 2.40 bits per heavy atom. The lowest BCUT2D eigenvalue weighted by Gasteiger charge is -2.07. The molecule has 0 bridgehead atoms. The zero-order chi connectivity index (χ0) is 11.6. The van der Waals surface area contributed by atoms with Crippen LogP contribution in [0.5, 0.6) is 0 Å². The monoisotopic (exact) mass is 564 g/mol. The van der Waals surface area contributed by atoms with Crippen LogP contribution in [0.15, 0.2) is 12.1 Å². The molecule has 0 aromatic heterocycles. The van der Waals surface area contributed by atoms with Gasteiger partial charge in [0.2, 0.25) is 0 Å². The lowest BCUT2D eigenvalue weighted by Crippen LogP contribution is -2.04. The lowest BCUT2D eigenvalue weighted by molar-refractivity contribution is 0.311. The van der Waals surface area contributed by atoms with E-state index in [-0.39, 0.29) is 6.61 Å². The molecule has 0 unspecified atom stereocenters. The van der Waals surface area contributed by atoms with Crippen LogP contribution < -0.4 is 0 Å². The topological polar surface area (TPSA) is 43.4 Å². The summed E-state index contributed by atoms with van der Waals surface area (Å²) in [6.45, 7) is 0.101. The third kappa shape index (κ3) is 5.00.